The topological polar surface area (TPSA) is 63.4 Å². The lowest BCUT2D eigenvalue weighted by Gasteiger charge is -2.36. The Morgan fingerprint density at radius 2 is 2.20 bits per heavy atom. The fourth-order valence-electron chi connectivity index (χ4n) is 2.68. The summed E-state index contributed by atoms with van der Waals surface area (Å²) in [7, 11) is -2.90. The van der Waals surface area contributed by atoms with Crippen LogP contribution in [-0.4, -0.2) is 38.6 Å². The average molecular weight is 361 g/mol. The zero-order chi connectivity index (χ0) is 14.9. The van der Waals surface area contributed by atoms with Crippen molar-refractivity contribution in [1.82, 2.24) is 0 Å². The maximum Gasteiger partial charge on any atom is 0.154 e. The molecular formula is C14H21BrN2O2S. The Bertz CT molecular complexity index is 587. The van der Waals surface area contributed by atoms with Crippen LogP contribution in [0.2, 0.25) is 0 Å². The zero-order valence-corrected chi connectivity index (χ0v) is 14.2. The molecule has 1 aliphatic heterocycles. The van der Waals surface area contributed by atoms with Crippen LogP contribution in [0.4, 0.5) is 5.69 Å². The Balaban J connectivity index is 2.34. The van der Waals surface area contributed by atoms with Crippen LogP contribution >= 0.6 is 15.9 Å². The first kappa shape index (κ1) is 15.8. The smallest absolute Gasteiger partial charge is 0.154 e. The first-order valence-electron chi connectivity index (χ1n) is 6.79. The summed E-state index contributed by atoms with van der Waals surface area (Å²) in [6.07, 6.45) is 0.790. The number of nitrogens with two attached hydrogens (primary N) is 1. The Labute approximate surface area is 129 Å². The highest BCUT2D eigenvalue weighted by Crippen LogP contribution is 2.29. The summed E-state index contributed by atoms with van der Waals surface area (Å²) in [5.41, 5.74) is 8.18. The minimum atomic E-state index is -2.90. The number of nitrogens with zero attached hydrogens (tertiary/aromatic N) is 1. The minimum Gasteiger partial charge on any atom is -0.367 e. The van der Waals surface area contributed by atoms with Crippen LogP contribution < -0.4 is 10.6 Å². The van der Waals surface area contributed by atoms with Gasteiger partial charge in [0.25, 0.3) is 0 Å². The second-order valence-corrected chi connectivity index (χ2v) is 8.76. The highest BCUT2D eigenvalue weighted by atomic mass is 79.9. The third-order valence-electron chi connectivity index (χ3n) is 3.57. The largest absolute Gasteiger partial charge is 0.367 e. The molecule has 112 valence electrons. The van der Waals surface area contributed by atoms with E-state index in [1.807, 2.05) is 19.9 Å². The molecule has 1 fully saturated rings. The summed E-state index contributed by atoms with van der Waals surface area (Å²) in [6, 6.07) is 6.21. The lowest BCUT2D eigenvalue weighted by molar-refractivity contribution is 0.567. The van der Waals surface area contributed by atoms with Crippen molar-refractivity contribution < 1.29 is 8.42 Å². The highest BCUT2D eigenvalue weighted by Gasteiger charge is 2.29. The highest BCUT2D eigenvalue weighted by molar-refractivity contribution is 9.10. The van der Waals surface area contributed by atoms with Crippen molar-refractivity contribution in [3.05, 3.63) is 28.2 Å². The van der Waals surface area contributed by atoms with E-state index in [4.69, 9.17) is 5.73 Å². The molecule has 0 bridgehead atoms. The molecule has 2 rings (SSSR count). The molecule has 6 heteroatoms. The molecule has 0 radical (unpaired) electrons. The Morgan fingerprint density at radius 1 is 1.50 bits per heavy atom. The van der Waals surface area contributed by atoms with Gasteiger partial charge < -0.3 is 10.6 Å². The summed E-state index contributed by atoms with van der Waals surface area (Å²) in [5, 5.41) is 0. The maximum absolute atomic E-state index is 11.7. The van der Waals surface area contributed by atoms with Gasteiger partial charge in [-0.05, 0) is 38.0 Å². The molecule has 0 amide bonds. The van der Waals surface area contributed by atoms with E-state index in [2.05, 4.69) is 33.0 Å². The van der Waals surface area contributed by atoms with Crippen LogP contribution in [0.5, 0.6) is 0 Å². The molecule has 4 nitrogen and oxygen atoms in total. The Hall–Kier alpha value is -0.590. The van der Waals surface area contributed by atoms with Gasteiger partial charge >= 0.3 is 0 Å². The summed E-state index contributed by atoms with van der Waals surface area (Å²) in [4.78, 5) is 2.18. The van der Waals surface area contributed by atoms with Crippen molar-refractivity contribution in [3.63, 3.8) is 0 Å². The van der Waals surface area contributed by atoms with E-state index in [-0.39, 0.29) is 23.6 Å². The van der Waals surface area contributed by atoms with Crippen molar-refractivity contribution in [1.29, 1.82) is 0 Å². The van der Waals surface area contributed by atoms with E-state index >= 15 is 0 Å². The van der Waals surface area contributed by atoms with Crippen LogP contribution in [-0.2, 0) is 16.3 Å². The lowest BCUT2D eigenvalue weighted by atomic mass is 10.0. The Morgan fingerprint density at radius 3 is 2.80 bits per heavy atom. The van der Waals surface area contributed by atoms with Crippen LogP contribution in [0.3, 0.4) is 0 Å². The summed E-state index contributed by atoms with van der Waals surface area (Å²) < 4.78 is 24.4. The van der Waals surface area contributed by atoms with E-state index in [0.717, 1.165) is 16.6 Å². The molecule has 0 saturated carbocycles. The Kier molecular flexibility index (Phi) is 4.76. The molecule has 1 aromatic carbocycles. The first-order valence-corrected chi connectivity index (χ1v) is 9.41. The van der Waals surface area contributed by atoms with Gasteiger partial charge in [-0.15, -0.1) is 0 Å². The second-order valence-electron chi connectivity index (χ2n) is 5.61. The summed E-state index contributed by atoms with van der Waals surface area (Å²) in [5.74, 6) is 0.443. The van der Waals surface area contributed by atoms with Gasteiger partial charge in [-0.25, -0.2) is 8.42 Å². The molecule has 1 saturated heterocycles. The van der Waals surface area contributed by atoms with E-state index in [1.165, 1.54) is 5.56 Å². The molecular weight excluding hydrogens is 340 g/mol. The molecule has 0 aromatic heterocycles. The second kappa shape index (κ2) is 6.03. The number of anilines is 1. The van der Waals surface area contributed by atoms with E-state index in [9.17, 15) is 8.42 Å². The van der Waals surface area contributed by atoms with Gasteiger partial charge in [-0.3, -0.25) is 0 Å². The van der Waals surface area contributed by atoms with Crippen LogP contribution in [0.25, 0.3) is 0 Å². The van der Waals surface area contributed by atoms with E-state index in [1.54, 1.807) is 0 Å². The fraction of sp³-hybridized carbons (Fsp3) is 0.571. The number of benzene rings is 1. The van der Waals surface area contributed by atoms with E-state index in [0.29, 0.717) is 6.54 Å². The van der Waals surface area contributed by atoms with Gasteiger partial charge in [-0.2, -0.15) is 0 Å². The molecule has 2 N–H and O–H groups in total. The molecule has 1 aliphatic rings. The average Bonchev–Trinajstić information content (AvgIpc) is 2.30. The van der Waals surface area contributed by atoms with Crippen LogP contribution in [0, 0.1) is 0 Å². The molecule has 1 heterocycles. The van der Waals surface area contributed by atoms with Gasteiger partial charge in [0.05, 0.1) is 11.5 Å². The number of sulfone groups is 1. The summed E-state index contributed by atoms with van der Waals surface area (Å²) in [6.45, 7) is 4.50. The van der Waals surface area contributed by atoms with Crippen molar-refractivity contribution >= 4 is 31.5 Å². The number of hydrogen-bond donors (Lipinski definition) is 1. The van der Waals surface area contributed by atoms with Crippen molar-refractivity contribution in [3.8, 4) is 0 Å². The molecule has 2 atom stereocenters. The SMILES string of the molecule is CC(N)Cc1ccc(Br)cc1N1CCS(=O)(=O)CC1C. The normalized spacial score (nSPS) is 23.6. The number of rotatable bonds is 3. The summed E-state index contributed by atoms with van der Waals surface area (Å²) >= 11 is 3.50. The molecule has 0 aliphatic carbocycles. The first-order chi connectivity index (χ1) is 9.28. The fourth-order valence-corrected chi connectivity index (χ4v) is 4.59. The number of halogens is 1. The molecule has 20 heavy (non-hydrogen) atoms. The van der Waals surface area contributed by atoms with Gasteiger partial charge in [0.15, 0.2) is 9.84 Å². The molecule has 1 aromatic rings. The molecule has 0 spiro atoms. The van der Waals surface area contributed by atoms with Crippen LogP contribution in [0.15, 0.2) is 22.7 Å². The predicted molar refractivity (Wildman–Crippen MR) is 87.0 cm³/mol. The van der Waals surface area contributed by atoms with E-state index < -0.39 is 9.84 Å². The lowest BCUT2D eigenvalue weighted by Crippen LogP contribution is -2.47. The van der Waals surface area contributed by atoms with Crippen molar-refractivity contribution in [2.45, 2.75) is 32.4 Å². The predicted octanol–water partition coefficient (Wildman–Crippen LogP) is 1.96. The third-order valence-corrected chi connectivity index (χ3v) is 5.86. The zero-order valence-electron chi connectivity index (χ0n) is 11.8. The van der Waals surface area contributed by atoms with Crippen molar-refractivity contribution in [2.24, 2.45) is 5.73 Å². The standard InChI is InChI=1S/C14H21BrN2O2S/c1-10(16)7-12-3-4-13(15)8-14(12)17-5-6-20(18,19)9-11(17)2/h3-4,8,10-11H,5-7,9,16H2,1-2H3. The maximum atomic E-state index is 11.7. The third kappa shape index (κ3) is 3.74. The van der Waals surface area contributed by atoms with Crippen molar-refractivity contribution in [2.75, 3.05) is 23.0 Å². The van der Waals surface area contributed by atoms with Gasteiger partial charge in [-0.1, -0.05) is 22.0 Å². The van der Waals surface area contributed by atoms with Gasteiger partial charge in [0.1, 0.15) is 0 Å². The molecule has 2 unspecified atom stereocenters. The quantitative estimate of drug-likeness (QED) is 0.894. The monoisotopic (exact) mass is 360 g/mol. The van der Waals surface area contributed by atoms with Crippen LogP contribution in [0.1, 0.15) is 19.4 Å². The van der Waals surface area contributed by atoms with Gasteiger partial charge in [0, 0.05) is 28.8 Å². The van der Waals surface area contributed by atoms with Gasteiger partial charge in [0.2, 0.25) is 0 Å². The minimum absolute atomic E-state index is 0.00474. The number of hydrogen-bond acceptors (Lipinski definition) is 4.